The van der Waals surface area contributed by atoms with E-state index >= 15 is 0 Å². The van der Waals surface area contributed by atoms with Crippen LogP contribution in [0.4, 0.5) is 11.5 Å². The number of carbonyl (C=O) groups is 1. The molecule has 0 aliphatic rings. The lowest BCUT2D eigenvalue weighted by atomic mass is 10.2. The summed E-state index contributed by atoms with van der Waals surface area (Å²) >= 11 is 5.88. The SMILES string of the molecule is CCCn1c(=O)c(NC(=O)/C=C/c2cccc(Cl)c2)c(N)n(C)c1=O. The van der Waals surface area contributed by atoms with Gasteiger partial charge in [-0.15, -0.1) is 0 Å². The summed E-state index contributed by atoms with van der Waals surface area (Å²) in [6.45, 7) is 2.08. The first-order valence-corrected chi connectivity index (χ1v) is 8.07. The molecule has 0 radical (unpaired) electrons. The van der Waals surface area contributed by atoms with Crippen molar-refractivity contribution in [3.63, 3.8) is 0 Å². The fraction of sp³-hybridized carbons (Fsp3) is 0.235. The molecule has 25 heavy (non-hydrogen) atoms. The van der Waals surface area contributed by atoms with Crippen molar-refractivity contribution in [2.75, 3.05) is 11.1 Å². The number of carbonyl (C=O) groups excluding carboxylic acids is 1. The van der Waals surface area contributed by atoms with Crippen molar-refractivity contribution in [2.45, 2.75) is 19.9 Å². The van der Waals surface area contributed by atoms with Gasteiger partial charge in [-0.05, 0) is 30.2 Å². The maximum Gasteiger partial charge on any atom is 0.332 e. The molecule has 0 unspecified atom stereocenters. The van der Waals surface area contributed by atoms with Crippen LogP contribution in [0.15, 0.2) is 39.9 Å². The molecule has 0 saturated carbocycles. The lowest BCUT2D eigenvalue weighted by Crippen LogP contribution is -2.41. The molecule has 8 heteroatoms. The van der Waals surface area contributed by atoms with Gasteiger partial charge in [0.05, 0.1) is 0 Å². The van der Waals surface area contributed by atoms with Crippen LogP contribution in [-0.4, -0.2) is 15.0 Å². The van der Waals surface area contributed by atoms with E-state index < -0.39 is 17.2 Å². The van der Waals surface area contributed by atoms with Crippen LogP contribution in [-0.2, 0) is 18.4 Å². The number of hydrogen-bond acceptors (Lipinski definition) is 4. The van der Waals surface area contributed by atoms with E-state index in [1.807, 2.05) is 6.92 Å². The van der Waals surface area contributed by atoms with Crippen molar-refractivity contribution in [1.29, 1.82) is 0 Å². The van der Waals surface area contributed by atoms with Gasteiger partial charge in [-0.3, -0.25) is 18.7 Å². The highest BCUT2D eigenvalue weighted by Gasteiger charge is 2.16. The van der Waals surface area contributed by atoms with Gasteiger partial charge in [0.25, 0.3) is 5.56 Å². The van der Waals surface area contributed by atoms with Crippen LogP contribution in [0, 0.1) is 0 Å². The third-order valence-corrected chi connectivity index (χ3v) is 3.80. The van der Waals surface area contributed by atoms with Gasteiger partial charge < -0.3 is 11.1 Å². The zero-order chi connectivity index (χ0) is 18.6. The lowest BCUT2D eigenvalue weighted by Gasteiger charge is -2.13. The molecule has 3 N–H and O–H groups in total. The molecular formula is C17H19ClN4O3. The highest BCUT2D eigenvalue weighted by Crippen LogP contribution is 2.13. The number of anilines is 2. The Morgan fingerprint density at radius 2 is 2.08 bits per heavy atom. The number of nitrogens with two attached hydrogens (primary N) is 1. The fourth-order valence-corrected chi connectivity index (χ4v) is 2.47. The van der Waals surface area contributed by atoms with Crippen molar-refractivity contribution in [3.8, 4) is 0 Å². The molecule has 1 amide bonds. The minimum absolute atomic E-state index is 0.0909. The van der Waals surface area contributed by atoms with Crippen molar-refractivity contribution in [3.05, 3.63) is 61.8 Å². The number of nitrogen functional groups attached to an aromatic ring is 1. The molecule has 0 aliphatic heterocycles. The zero-order valence-electron chi connectivity index (χ0n) is 14.0. The molecule has 7 nitrogen and oxygen atoms in total. The highest BCUT2D eigenvalue weighted by atomic mass is 35.5. The van der Waals surface area contributed by atoms with E-state index in [2.05, 4.69) is 5.32 Å². The maximum absolute atomic E-state index is 12.4. The second kappa shape index (κ2) is 7.85. The summed E-state index contributed by atoms with van der Waals surface area (Å²) in [5.41, 5.74) is 5.30. The van der Waals surface area contributed by atoms with Gasteiger partial charge in [-0.2, -0.15) is 0 Å². The van der Waals surface area contributed by atoms with E-state index in [0.29, 0.717) is 11.4 Å². The number of nitrogens with zero attached hydrogens (tertiary/aromatic N) is 2. The Morgan fingerprint density at radius 3 is 2.72 bits per heavy atom. The Morgan fingerprint density at radius 1 is 1.36 bits per heavy atom. The summed E-state index contributed by atoms with van der Waals surface area (Å²) < 4.78 is 2.18. The van der Waals surface area contributed by atoms with Crippen molar-refractivity contribution >= 4 is 35.1 Å². The van der Waals surface area contributed by atoms with Crippen LogP contribution in [0.1, 0.15) is 18.9 Å². The van der Waals surface area contributed by atoms with Crippen LogP contribution in [0.3, 0.4) is 0 Å². The first-order valence-electron chi connectivity index (χ1n) is 7.69. The van der Waals surface area contributed by atoms with E-state index in [1.165, 1.54) is 13.1 Å². The number of amides is 1. The Kier molecular flexibility index (Phi) is 5.82. The summed E-state index contributed by atoms with van der Waals surface area (Å²) in [5, 5.41) is 3.00. The van der Waals surface area contributed by atoms with Gasteiger partial charge in [0.1, 0.15) is 11.5 Å². The average Bonchev–Trinajstić information content (AvgIpc) is 2.59. The van der Waals surface area contributed by atoms with Crippen LogP contribution in [0.5, 0.6) is 0 Å². The maximum atomic E-state index is 12.4. The second-order valence-corrected chi connectivity index (χ2v) is 5.87. The quantitative estimate of drug-likeness (QED) is 0.793. The summed E-state index contributed by atoms with van der Waals surface area (Å²) in [7, 11) is 1.45. The molecule has 0 saturated heterocycles. The van der Waals surface area contributed by atoms with E-state index in [1.54, 1.807) is 30.3 Å². The topological polar surface area (TPSA) is 99.1 Å². The highest BCUT2D eigenvalue weighted by molar-refractivity contribution is 6.30. The smallest absolute Gasteiger partial charge is 0.332 e. The number of halogens is 1. The molecule has 1 aromatic carbocycles. The summed E-state index contributed by atoms with van der Waals surface area (Å²) in [6, 6.07) is 6.96. The van der Waals surface area contributed by atoms with Crippen molar-refractivity contribution in [1.82, 2.24) is 9.13 Å². The van der Waals surface area contributed by atoms with Gasteiger partial charge in [-0.25, -0.2) is 4.79 Å². The number of hydrogen-bond donors (Lipinski definition) is 2. The number of aromatic nitrogens is 2. The van der Waals surface area contributed by atoms with Crippen LogP contribution >= 0.6 is 11.6 Å². The second-order valence-electron chi connectivity index (χ2n) is 5.44. The van der Waals surface area contributed by atoms with E-state index in [0.717, 1.165) is 14.7 Å². The summed E-state index contributed by atoms with van der Waals surface area (Å²) in [6.07, 6.45) is 3.42. The van der Waals surface area contributed by atoms with E-state index in [9.17, 15) is 14.4 Å². The van der Waals surface area contributed by atoms with Crippen LogP contribution in [0.25, 0.3) is 6.08 Å². The van der Waals surface area contributed by atoms with Gasteiger partial charge in [0.2, 0.25) is 5.91 Å². The normalized spacial score (nSPS) is 11.0. The molecule has 0 aliphatic carbocycles. The minimum atomic E-state index is -0.619. The molecule has 0 atom stereocenters. The van der Waals surface area contributed by atoms with Gasteiger partial charge in [0.15, 0.2) is 0 Å². The third-order valence-electron chi connectivity index (χ3n) is 3.57. The summed E-state index contributed by atoms with van der Waals surface area (Å²) in [4.78, 5) is 36.6. The molecule has 132 valence electrons. The molecule has 0 spiro atoms. The third kappa shape index (κ3) is 4.19. The fourth-order valence-electron chi connectivity index (χ4n) is 2.27. The Labute approximate surface area is 149 Å². The Balaban J connectivity index is 2.32. The first kappa shape index (κ1) is 18.5. The number of benzene rings is 1. The predicted octanol–water partition coefficient (Wildman–Crippen LogP) is 1.84. The van der Waals surface area contributed by atoms with Crippen molar-refractivity contribution in [2.24, 2.45) is 7.05 Å². The predicted molar refractivity (Wildman–Crippen MR) is 99.8 cm³/mol. The molecule has 0 fully saturated rings. The Hall–Kier alpha value is -2.80. The molecule has 2 aromatic rings. The van der Waals surface area contributed by atoms with Gasteiger partial charge >= 0.3 is 5.69 Å². The van der Waals surface area contributed by atoms with Crippen LogP contribution < -0.4 is 22.3 Å². The van der Waals surface area contributed by atoms with Gasteiger partial charge in [0, 0.05) is 24.7 Å². The van der Waals surface area contributed by atoms with Gasteiger partial charge in [-0.1, -0.05) is 30.7 Å². The minimum Gasteiger partial charge on any atom is -0.383 e. The molecule has 1 aromatic heterocycles. The molecule has 1 heterocycles. The number of rotatable bonds is 5. The van der Waals surface area contributed by atoms with E-state index in [4.69, 9.17) is 17.3 Å². The largest absolute Gasteiger partial charge is 0.383 e. The molecule has 0 bridgehead atoms. The molecule has 2 rings (SSSR count). The molecular weight excluding hydrogens is 344 g/mol. The van der Waals surface area contributed by atoms with Crippen LogP contribution in [0.2, 0.25) is 5.02 Å². The average molecular weight is 363 g/mol. The number of nitrogens with one attached hydrogen (secondary N) is 1. The van der Waals surface area contributed by atoms with Crippen molar-refractivity contribution < 1.29 is 4.79 Å². The summed E-state index contributed by atoms with van der Waals surface area (Å²) in [5.74, 6) is -0.627. The first-order chi connectivity index (χ1) is 11.8. The monoisotopic (exact) mass is 362 g/mol. The zero-order valence-corrected chi connectivity index (χ0v) is 14.7. The van der Waals surface area contributed by atoms with E-state index in [-0.39, 0.29) is 18.1 Å². The lowest BCUT2D eigenvalue weighted by molar-refractivity contribution is -0.111. The Bertz CT molecular complexity index is 944. The standard InChI is InChI=1S/C17H19ClN4O3/c1-3-9-22-16(24)14(15(19)21(2)17(22)25)20-13(23)8-7-11-5-4-6-12(18)10-11/h4-8,10H,3,9,19H2,1-2H3,(H,20,23)/b8-7+.